The molecule has 5 nitrogen and oxygen atoms in total. The lowest BCUT2D eigenvalue weighted by atomic mass is 10.2. The Labute approximate surface area is 137 Å². The third-order valence-corrected chi connectivity index (χ3v) is 4.20. The van der Waals surface area contributed by atoms with E-state index in [1.54, 1.807) is 6.08 Å². The fourth-order valence-corrected chi connectivity index (χ4v) is 3.06. The molecule has 0 atom stereocenters. The highest BCUT2D eigenvalue weighted by Gasteiger charge is 2.33. The van der Waals surface area contributed by atoms with E-state index in [9.17, 15) is 9.59 Å². The Morgan fingerprint density at radius 1 is 1.41 bits per heavy atom. The van der Waals surface area contributed by atoms with E-state index in [1.165, 1.54) is 0 Å². The van der Waals surface area contributed by atoms with Gasteiger partial charge in [-0.1, -0.05) is 43.0 Å². The molecule has 0 unspecified atom stereocenters. The van der Waals surface area contributed by atoms with Gasteiger partial charge >= 0.3 is 5.97 Å². The van der Waals surface area contributed by atoms with Crippen LogP contribution in [-0.2, 0) is 9.59 Å². The minimum Gasteiger partial charge on any atom is -0.494 e. The van der Waals surface area contributed by atoms with Crippen LogP contribution in [0.5, 0.6) is 5.75 Å². The molecule has 22 heavy (non-hydrogen) atoms. The summed E-state index contributed by atoms with van der Waals surface area (Å²) >= 11 is 6.15. The molecule has 1 aliphatic heterocycles. The number of aliphatic carboxylic acids is 1. The summed E-state index contributed by atoms with van der Waals surface area (Å²) in [5, 5.41) is 8.79. The first kappa shape index (κ1) is 16.5. The highest BCUT2D eigenvalue weighted by atomic mass is 32.2. The lowest BCUT2D eigenvalue weighted by molar-refractivity contribution is -0.140. The van der Waals surface area contributed by atoms with Crippen molar-refractivity contribution in [2.24, 2.45) is 0 Å². The number of carbonyl (C=O) groups is 2. The van der Waals surface area contributed by atoms with E-state index in [4.69, 9.17) is 22.1 Å². The number of carboxylic acids is 1. The van der Waals surface area contributed by atoms with Crippen LogP contribution >= 0.6 is 24.0 Å². The molecule has 0 spiro atoms. The molecule has 0 saturated carbocycles. The van der Waals surface area contributed by atoms with Crippen LogP contribution in [-0.4, -0.2) is 39.4 Å². The van der Waals surface area contributed by atoms with E-state index in [1.807, 2.05) is 31.2 Å². The maximum atomic E-state index is 12.1. The summed E-state index contributed by atoms with van der Waals surface area (Å²) in [6.45, 7) is 2.28. The molecule has 1 N–H and O–H groups in total. The Balaban J connectivity index is 2.11. The number of hydrogen-bond donors (Lipinski definition) is 1. The fourth-order valence-electron chi connectivity index (χ4n) is 1.80. The molecule has 7 heteroatoms. The van der Waals surface area contributed by atoms with E-state index in [-0.39, 0.29) is 10.2 Å². The van der Waals surface area contributed by atoms with Gasteiger partial charge in [-0.25, -0.2) is 0 Å². The lowest BCUT2D eigenvalue weighted by Gasteiger charge is -2.10. The van der Waals surface area contributed by atoms with Gasteiger partial charge in [-0.3, -0.25) is 14.5 Å². The molecule has 1 aromatic carbocycles. The van der Waals surface area contributed by atoms with Crippen molar-refractivity contribution in [2.45, 2.75) is 13.3 Å². The molecule has 1 fully saturated rings. The molecule has 0 radical (unpaired) electrons. The molecule has 2 rings (SSSR count). The summed E-state index contributed by atoms with van der Waals surface area (Å²) < 4.78 is 5.76. The first-order valence-electron chi connectivity index (χ1n) is 6.71. The minimum atomic E-state index is -1.09. The summed E-state index contributed by atoms with van der Waals surface area (Å²) in [6, 6.07) is 7.35. The predicted octanol–water partition coefficient (Wildman–Crippen LogP) is 2.76. The van der Waals surface area contributed by atoms with Crippen molar-refractivity contribution in [3.63, 3.8) is 0 Å². The summed E-state index contributed by atoms with van der Waals surface area (Å²) in [6.07, 6.45) is 2.64. The Morgan fingerprint density at radius 2 is 2.09 bits per heavy atom. The standard InChI is InChI=1S/C15H15NO4S2/c1-2-7-20-11-5-3-10(4-6-11)8-12-14(19)16(9-13(17)18)15(21)22-12/h3-6,8H,2,7,9H2,1H3,(H,17,18)/b12-8+. The van der Waals surface area contributed by atoms with E-state index in [0.717, 1.165) is 34.4 Å². The molecule has 116 valence electrons. The number of carbonyl (C=O) groups excluding carboxylic acids is 1. The van der Waals surface area contributed by atoms with Crippen LogP contribution in [0.25, 0.3) is 6.08 Å². The normalized spacial score (nSPS) is 16.4. The van der Waals surface area contributed by atoms with Crippen molar-refractivity contribution in [3.8, 4) is 5.75 Å². The number of thioether (sulfide) groups is 1. The number of thiocarbonyl (C=S) groups is 1. The molecule has 0 aromatic heterocycles. The van der Waals surface area contributed by atoms with Gasteiger partial charge in [0.1, 0.15) is 16.6 Å². The summed E-state index contributed by atoms with van der Waals surface area (Å²) in [5.74, 6) is -0.684. The average Bonchev–Trinajstić information content (AvgIpc) is 2.74. The van der Waals surface area contributed by atoms with Gasteiger partial charge in [-0.05, 0) is 30.2 Å². The van der Waals surface area contributed by atoms with Crippen LogP contribution in [0.1, 0.15) is 18.9 Å². The Bertz CT molecular complexity index is 625. The van der Waals surface area contributed by atoms with Crippen molar-refractivity contribution in [1.29, 1.82) is 0 Å². The number of hydrogen-bond acceptors (Lipinski definition) is 5. The zero-order valence-electron chi connectivity index (χ0n) is 11.9. The zero-order valence-corrected chi connectivity index (χ0v) is 13.6. The van der Waals surface area contributed by atoms with E-state index in [0.29, 0.717) is 11.5 Å². The van der Waals surface area contributed by atoms with Gasteiger partial charge < -0.3 is 9.84 Å². The number of nitrogens with zero attached hydrogens (tertiary/aromatic N) is 1. The van der Waals surface area contributed by atoms with Gasteiger partial charge in [-0.15, -0.1) is 0 Å². The lowest BCUT2D eigenvalue weighted by Crippen LogP contribution is -2.33. The summed E-state index contributed by atoms with van der Waals surface area (Å²) in [7, 11) is 0. The van der Waals surface area contributed by atoms with Gasteiger partial charge in [-0.2, -0.15) is 0 Å². The van der Waals surface area contributed by atoms with Crippen molar-refractivity contribution in [3.05, 3.63) is 34.7 Å². The second-order valence-corrected chi connectivity index (χ2v) is 6.25. The Morgan fingerprint density at radius 3 is 2.68 bits per heavy atom. The molecule has 0 bridgehead atoms. The fraction of sp³-hybridized carbons (Fsp3) is 0.267. The van der Waals surface area contributed by atoms with Gasteiger partial charge in [0.05, 0.1) is 11.5 Å². The highest BCUT2D eigenvalue weighted by molar-refractivity contribution is 8.26. The molecule has 1 amide bonds. The van der Waals surface area contributed by atoms with Crippen molar-refractivity contribution < 1.29 is 19.4 Å². The van der Waals surface area contributed by atoms with Crippen LogP contribution < -0.4 is 4.74 Å². The SMILES string of the molecule is CCCOc1ccc(/C=C2/SC(=S)N(CC(=O)O)C2=O)cc1. The van der Waals surface area contributed by atoms with Gasteiger partial charge in [0.2, 0.25) is 0 Å². The third-order valence-electron chi connectivity index (χ3n) is 2.82. The molecule has 1 heterocycles. The summed E-state index contributed by atoms with van der Waals surface area (Å²) in [5.41, 5.74) is 0.833. The van der Waals surface area contributed by atoms with Gasteiger partial charge in [0.25, 0.3) is 5.91 Å². The van der Waals surface area contributed by atoms with Crippen LogP contribution in [0.4, 0.5) is 0 Å². The van der Waals surface area contributed by atoms with Crippen molar-refractivity contribution >= 4 is 46.3 Å². The minimum absolute atomic E-state index is 0.265. The third kappa shape index (κ3) is 4.08. The average molecular weight is 337 g/mol. The van der Waals surface area contributed by atoms with Crippen LogP contribution in [0.15, 0.2) is 29.2 Å². The molecular weight excluding hydrogens is 322 g/mol. The topological polar surface area (TPSA) is 66.8 Å². The second-order valence-electron chi connectivity index (χ2n) is 4.58. The number of amides is 1. The van der Waals surface area contributed by atoms with E-state index < -0.39 is 12.5 Å². The first-order valence-corrected chi connectivity index (χ1v) is 7.93. The quantitative estimate of drug-likeness (QED) is 0.636. The highest BCUT2D eigenvalue weighted by Crippen LogP contribution is 2.32. The number of benzene rings is 1. The molecular formula is C15H15NO4S2. The Hall–Kier alpha value is -1.86. The summed E-state index contributed by atoms with van der Waals surface area (Å²) in [4.78, 5) is 24.4. The largest absolute Gasteiger partial charge is 0.494 e. The zero-order chi connectivity index (χ0) is 16.1. The molecule has 1 saturated heterocycles. The first-order chi connectivity index (χ1) is 10.5. The van der Waals surface area contributed by atoms with Crippen LogP contribution in [0.3, 0.4) is 0 Å². The van der Waals surface area contributed by atoms with Crippen LogP contribution in [0, 0.1) is 0 Å². The van der Waals surface area contributed by atoms with Crippen molar-refractivity contribution in [1.82, 2.24) is 4.90 Å². The van der Waals surface area contributed by atoms with Gasteiger partial charge in [0, 0.05) is 0 Å². The van der Waals surface area contributed by atoms with E-state index in [2.05, 4.69) is 0 Å². The van der Waals surface area contributed by atoms with E-state index >= 15 is 0 Å². The number of ether oxygens (including phenoxy) is 1. The van der Waals surface area contributed by atoms with Gasteiger partial charge in [0.15, 0.2) is 0 Å². The molecule has 1 aromatic rings. The van der Waals surface area contributed by atoms with Crippen molar-refractivity contribution in [2.75, 3.05) is 13.2 Å². The number of carboxylic acid groups (broad SMARTS) is 1. The maximum Gasteiger partial charge on any atom is 0.323 e. The predicted molar refractivity (Wildman–Crippen MR) is 89.7 cm³/mol. The Kier molecular flexibility index (Phi) is 5.57. The number of rotatable bonds is 6. The maximum absolute atomic E-state index is 12.1. The molecule has 0 aliphatic carbocycles. The smallest absolute Gasteiger partial charge is 0.323 e. The monoisotopic (exact) mass is 337 g/mol. The van der Waals surface area contributed by atoms with Crippen LogP contribution in [0.2, 0.25) is 0 Å². The second kappa shape index (κ2) is 7.42. The molecule has 1 aliphatic rings.